The molecule has 1 atom stereocenters. The topological polar surface area (TPSA) is 56.1 Å². The number of aromatic nitrogens is 2. The van der Waals surface area contributed by atoms with Crippen LogP contribution in [-0.2, 0) is 6.54 Å². The standard InChI is InChI=1S/C20H21N3O3S/c24-19-12-15(21-20-23(19)7-10-27-20)13-22-6-1-3-16(22)14-4-5-17-18(11-14)26-9-2-8-25-17/h4-5,7,10-12,16H,1-3,6,8-9,13H2/t16-/m0/s1. The van der Waals surface area contributed by atoms with Crippen LogP contribution in [0.2, 0.25) is 0 Å². The van der Waals surface area contributed by atoms with Crippen molar-refractivity contribution < 1.29 is 9.47 Å². The molecule has 0 spiro atoms. The summed E-state index contributed by atoms with van der Waals surface area (Å²) < 4.78 is 13.2. The molecule has 5 rings (SSSR count). The van der Waals surface area contributed by atoms with Gasteiger partial charge in [0.05, 0.1) is 18.9 Å². The van der Waals surface area contributed by atoms with E-state index in [-0.39, 0.29) is 5.56 Å². The second-order valence-electron chi connectivity index (χ2n) is 7.03. The molecule has 1 aromatic carbocycles. The quantitative estimate of drug-likeness (QED) is 0.695. The summed E-state index contributed by atoms with van der Waals surface area (Å²) in [6.45, 7) is 3.08. The highest BCUT2D eigenvalue weighted by Crippen LogP contribution is 2.38. The molecule has 3 aromatic rings. The summed E-state index contributed by atoms with van der Waals surface area (Å²) in [5.74, 6) is 1.67. The van der Waals surface area contributed by atoms with E-state index in [1.165, 1.54) is 16.9 Å². The van der Waals surface area contributed by atoms with Crippen molar-refractivity contribution in [3.63, 3.8) is 0 Å². The van der Waals surface area contributed by atoms with Crippen LogP contribution in [0.5, 0.6) is 11.5 Å². The van der Waals surface area contributed by atoms with Gasteiger partial charge in [0, 0.05) is 36.7 Å². The lowest BCUT2D eigenvalue weighted by molar-refractivity contribution is 0.244. The predicted molar refractivity (Wildman–Crippen MR) is 104 cm³/mol. The first-order chi connectivity index (χ1) is 13.3. The van der Waals surface area contributed by atoms with Gasteiger partial charge >= 0.3 is 0 Å². The number of benzene rings is 1. The molecule has 1 fully saturated rings. The van der Waals surface area contributed by atoms with Crippen LogP contribution in [0, 0.1) is 0 Å². The molecule has 0 radical (unpaired) electrons. The largest absolute Gasteiger partial charge is 0.490 e. The van der Waals surface area contributed by atoms with Gasteiger partial charge in [-0.2, -0.15) is 0 Å². The lowest BCUT2D eigenvalue weighted by Gasteiger charge is -2.25. The van der Waals surface area contributed by atoms with Crippen LogP contribution in [0.1, 0.15) is 36.6 Å². The number of fused-ring (bicyclic) bond motifs is 2. The Kier molecular flexibility index (Phi) is 4.33. The van der Waals surface area contributed by atoms with E-state index in [0.29, 0.717) is 25.8 Å². The summed E-state index contributed by atoms with van der Waals surface area (Å²) in [5.41, 5.74) is 2.07. The average molecular weight is 383 g/mol. The fraction of sp³-hybridized carbons (Fsp3) is 0.400. The van der Waals surface area contributed by atoms with Crippen LogP contribution >= 0.6 is 11.3 Å². The van der Waals surface area contributed by atoms with E-state index in [9.17, 15) is 4.79 Å². The van der Waals surface area contributed by atoms with Gasteiger partial charge in [-0.05, 0) is 37.1 Å². The summed E-state index contributed by atoms with van der Waals surface area (Å²) in [6, 6.07) is 8.25. The van der Waals surface area contributed by atoms with Gasteiger partial charge in [-0.15, -0.1) is 11.3 Å². The third-order valence-electron chi connectivity index (χ3n) is 5.24. The lowest BCUT2D eigenvalue weighted by Crippen LogP contribution is -2.25. The molecule has 4 heterocycles. The summed E-state index contributed by atoms with van der Waals surface area (Å²) in [6.07, 6.45) is 4.92. The number of nitrogens with zero attached hydrogens (tertiary/aromatic N) is 3. The zero-order valence-corrected chi connectivity index (χ0v) is 15.8. The fourth-order valence-corrected chi connectivity index (χ4v) is 4.70. The summed E-state index contributed by atoms with van der Waals surface area (Å²) in [4.78, 5) is 20.1. The van der Waals surface area contributed by atoms with Crippen LogP contribution in [0.15, 0.2) is 40.6 Å². The van der Waals surface area contributed by atoms with Gasteiger partial charge in [-0.25, -0.2) is 4.98 Å². The Labute approximate surface area is 161 Å². The first kappa shape index (κ1) is 16.8. The first-order valence-electron chi connectivity index (χ1n) is 9.37. The summed E-state index contributed by atoms with van der Waals surface area (Å²) in [5, 5.41) is 1.89. The Morgan fingerprint density at radius 2 is 2.04 bits per heavy atom. The number of ether oxygens (including phenoxy) is 2. The maximum Gasteiger partial charge on any atom is 0.258 e. The Balaban J connectivity index is 1.41. The molecule has 2 aliphatic heterocycles. The Morgan fingerprint density at radius 1 is 1.15 bits per heavy atom. The van der Waals surface area contributed by atoms with Crippen LogP contribution in [0.4, 0.5) is 0 Å². The average Bonchev–Trinajstić information content (AvgIpc) is 3.26. The summed E-state index contributed by atoms with van der Waals surface area (Å²) >= 11 is 1.49. The number of likely N-dealkylation sites (tertiary alicyclic amines) is 1. The third kappa shape index (κ3) is 3.21. The number of thiazole rings is 1. The highest BCUT2D eigenvalue weighted by atomic mass is 32.1. The predicted octanol–water partition coefficient (Wildman–Crippen LogP) is 3.25. The van der Waals surface area contributed by atoms with Crippen molar-refractivity contribution in [2.24, 2.45) is 0 Å². The van der Waals surface area contributed by atoms with Crippen LogP contribution < -0.4 is 15.0 Å². The molecule has 2 aliphatic rings. The lowest BCUT2D eigenvalue weighted by atomic mass is 10.0. The van der Waals surface area contributed by atoms with E-state index >= 15 is 0 Å². The highest BCUT2D eigenvalue weighted by Gasteiger charge is 2.27. The Hall–Kier alpha value is -2.38. The fourth-order valence-electron chi connectivity index (χ4n) is 3.96. The summed E-state index contributed by atoms with van der Waals surface area (Å²) in [7, 11) is 0. The van der Waals surface area contributed by atoms with E-state index in [2.05, 4.69) is 22.0 Å². The monoisotopic (exact) mass is 383 g/mol. The zero-order valence-electron chi connectivity index (χ0n) is 15.0. The minimum absolute atomic E-state index is 0.0115. The molecule has 0 N–H and O–H groups in total. The van der Waals surface area contributed by atoms with Crippen LogP contribution in [0.3, 0.4) is 0 Å². The van der Waals surface area contributed by atoms with Gasteiger partial charge in [0.25, 0.3) is 5.56 Å². The molecule has 0 unspecified atom stereocenters. The molecule has 7 heteroatoms. The van der Waals surface area contributed by atoms with E-state index in [1.807, 2.05) is 11.4 Å². The second-order valence-corrected chi connectivity index (χ2v) is 7.90. The highest BCUT2D eigenvalue weighted by molar-refractivity contribution is 7.15. The molecule has 0 saturated carbocycles. The molecule has 27 heavy (non-hydrogen) atoms. The molecular formula is C20H21N3O3S. The smallest absolute Gasteiger partial charge is 0.258 e. The van der Waals surface area contributed by atoms with Crippen LogP contribution in [-0.4, -0.2) is 34.0 Å². The minimum atomic E-state index is -0.0115. The second kappa shape index (κ2) is 6.98. The zero-order chi connectivity index (χ0) is 18.2. The normalized spacial score (nSPS) is 20.1. The molecule has 140 valence electrons. The number of rotatable bonds is 3. The molecule has 6 nitrogen and oxygen atoms in total. The van der Waals surface area contributed by atoms with Crippen molar-refractivity contribution in [3.8, 4) is 11.5 Å². The molecular weight excluding hydrogens is 362 g/mol. The van der Waals surface area contributed by atoms with Gasteiger partial charge in [0.1, 0.15) is 0 Å². The van der Waals surface area contributed by atoms with Gasteiger partial charge in [-0.3, -0.25) is 14.1 Å². The molecule has 2 aromatic heterocycles. The molecule has 0 aliphatic carbocycles. The van der Waals surface area contributed by atoms with Crippen LogP contribution in [0.25, 0.3) is 4.96 Å². The van der Waals surface area contributed by atoms with Crippen molar-refractivity contribution in [2.75, 3.05) is 19.8 Å². The number of hydrogen-bond acceptors (Lipinski definition) is 6. The minimum Gasteiger partial charge on any atom is -0.490 e. The van der Waals surface area contributed by atoms with E-state index in [1.54, 1.807) is 16.7 Å². The SMILES string of the molecule is O=c1cc(CN2CCC[C@H]2c2ccc3c(c2)OCCCO3)nc2sccn12. The van der Waals surface area contributed by atoms with E-state index < -0.39 is 0 Å². The molecule has 0 bridgehead atoms. The van der Waals surface area contributed by atoms with Gasteiger partial charge in [0.2, 0.25) is 0 Å². The van der Waals surface area contributed by atoms with Gasteiger partial charge in [-0.1, -0.05) is 6.07 Å². The van der Waals surface area contributed by atoms with E-state index in [4.69, 9.17) is 9.47 Å². The van der Waals surface area contributed by atoms with E-state index in [0.717, 1.165) is 48.0 Å². The maximum atomic E-state index is 12.3. The van der Waals surface area contributed by atoms with Crippen molar-refractivity contribution in [3.05, 3.63) is 57.5 Å². The maximum absolute atomic E-state index is 12.3. The van der Waals surface area contributed by atoms with Gasteiger partial charge in [0.15, 0.2) is 16.5 Å². The molecule has 0 amide bonds. The van der Waals surface area contributed by atoms with Crippen molar-refractivity contribution in [1.29, 1.82) is 0 Å². The number of hydrogen-bond donors (Lipinski definition) is 0. The Bertz CT molecular complexity index is 1030. The van der Waals surface area contributed by atoms with Gasteiger partial charge < -0.3 is 9.47 Å². The van der Waals surface area contributed by atoms with Crippen molar-refractivity contribution in [2.45, 2.75) is 31.8 Å². The third-order valence-corrected chi connectivity index (χ3v) is 6.00. The van der Waals surface area contributed by atoms with Crippen molar-refractivity contribution >= 4 is 16.3 Å². The first-order valence-corrected chi connectivity index (χ1v) is 10.3. The molecule has 1 saturated heterocycles. The van der Waals surface area contributed by atoms with Crippen molar-refractivity contribution in [1.82, 2.24) is 14.3 Å². The Morgan fingerprint density at radius 3 is 2.96 bits per heavy atom.